The molecule has 0 aliphatic carbocycles. The van der Waals surface area contributed by atoms with Gasteiger partial charge in [0.25, 0.3) is 0 Å². The van der Waals surface area contributed by atoms with Crippen molar-refractivity contribution in [1.82, 2.24) is 3.56 Å². The first-order valence-corrected chi connectivity index (χ1v) is 6.78. The van der Waals surface area contributed by atoms with Crippen LogP contribution in [0.2, 0.25) is 0 Å². The number of benzene rings is 1. The molecular formula is C11H13NSSe. The minimum absolute atomic E-state index is 0.414. The van der Waals surface area contributed by atoms with Gasteiger partial charge < -0.3 is 0 Å². The van der Waals surface area contributed by atoms with E-state index in [9.17, 15) is 0 Å². The Kier molecular flexibility index (Phi) is 2.65. The van der Waals surface area contributed by atoms with Crippen molar-refractivity contribution >= 4 is 36.6 Å². The molecule has 0 N–H and O–H groups in total. The Bertz CT molecular complexity index is 536. The van der Waals surface area contributed by atoms with Gasteiger partial charge in [0, 0.05) is 0 Å². The second-order valence-corrected chi connectivity index (χ2v) is 6.03. The third-order valence-electron chi connectivity index (χ3n) is 2.62. The molecule has 0 radical (unpaired) electrons. The van der Waals surface area contributed by atoms with E-state index >= 15 is 0 Å². The van der Waals surface area contributed by atoms with Crippen molar-refractivity contribution in [1.29, 1.82) is 0 Å². The van der Waals surface area contributed by atoms with E-state index in [1.54, 1.807) is 0 Å². The van der Waals surface area contributed by atoms with E-state index in [0.717, 1.165) is 11.2 Å². The molecule has 1 aromatic heterocycles. The summed E-state index contributed by atoms with van der Waals surface area (Å²) in [5, 5.41) is 1.30. The van der Waals surface area contributed by atoms with Crippen LogP contribution in [0, 0.1) is 18.5 Å². The maximum absolute atomic E-state index is 5.44. The van der Waals surface area contributed by atoms with Gasteiger partial charge in [-0.15, -0.1) is 0 Å². The first kappa shape index (κ1) is 10.2. The van der Waals surface area contributed by atoms with Crippen LogP contribution < -0.4 is 0 Å². The standard InChI is InChI=1S/C11H13NSSe/c1-4-12-11(13)9-6-5-7(2)8(3)10(9)14-12/h5-6H,4H2,1-3H3. The molecule has 0 aliphatic rings. The summed E-state index contributed by atoms with van der Waals surface area (Å²) in [7, 11) is 0. The summed E-state index contributed by atoms with van der Waals surface area (Å²) >= 11 is 5.85. The van der Waals surface area contributed by atoms with Crippen LogP contribution in [0.5, 0.6) is 0 Å². The number of hydrogen-bond acceptors (Lipinski definition) is 1. The van der Waals surface area contributed by atoms with Gasteiger partial charge in [-0.1, -0.05) is 0 Å². The summed E-state index contributed by atoms with van der Waals surface area (Å²) < 4.78 is 4.86. The Labute approximate surface area is 95.3 Å². The predicted octanol–water partition coefficient (Wildman–Crippen LogP) is 3.06. The van der Waals surface area contributed by atoms with E-state index in [1.165, 1.54) is 20.8 Å². The average Bonchev–Trinajstić information content (AvgIpc) is 2.50. The molecule has 1 nitrogen and oxygen atoms in total. The first-order chi connectivity index (χ1) is 6.65. The van der Waals surface area contributed by atoms with Gasteiger partial charge in [-0.05, 0) is 0 Å². The second kappa shape index (κ2) is 3.65. The van der Waals surface area contributed by atoms with Crippen LogP contribution in [0.15, 0.2) is 12.1 Å². The SMILES string of the molecule is CCn1[se]c2c(C)c(C)ccc2c1=S. The summed E-state index contributed by atoms with van der Waals surface area (Å²) in [4.78, 5) is 0. The molecule has 3 heteroatoms. The molecule has 0 amide bonds. The van der Waals surface area contributed by atoms with E-state index in [1.807, 2.05) is 0 Å². The van der Waals surface area contributed by atoms with Gasteiger partial charge >= 0.3 is 95.4 Å². The molecule has 0 bridgehead atoms. The molecular weight excluding hydrogens is 257 g/mol. The molecule has 14 heavy (non-hydrogen) atoms. The third kappa shape index (κ3) is 1.40. The first-order valence-electron chi connectivity index (χ1n) is 4.75. The fourth-order valence-corrected chi connectivity index (χ4v) is 4.50. The van der Waals surface area contributed by atoms with Crippen molar-refractivity contribution in [3.8, 4) is 0 Å². The van der Waals surface area contributed by atoms with E-state index < -0.39 is 0 Å². The maximum atomic E-state index is 5.44. The van der Waals surface area contributed by atoms with Crippen molar-refractivity contribution in [2.24, 2.45) is 0 Å². The van der Waals surface area contributed by atoms with E-state index in [0.29, 0.717) is 14.7 Å². The van der Waals surface area contributed by atoms with Gasteiger partial charge in [0.1, 0.15) is 0 Å². The van der Waals surface area contributed by atoms with Crippen LogP contribution >= 0.6 is 12.2 Å². The molecule has 0 fully saturated rings. The Morgan fingerprint density at radius 2 is 2.07 bits per heavy atom. The van der Waals surface area contributed by atoms with Crippen LogP contribution in [0.4, 0.5) is 0 Å². The number of nitrogens with zero attached hydrogens (tertiary/aromatic N) is 1. The molecule has 0 spiro atoms. The molecule has 74 valence electrons. The Balaban J connectivity index is 2.92. The van der Waals surface area contributed by atoms with Crippen LogP contribution in [-0.2, 0) is 6.54 Å². The van der Waals surface area contributed by atoms with Gasteiger partial charge in [0.15, 0.2) is 0 Å². The minimum atomic E-state index is 0.414. The summed E-state index contributed by atoms with van der Waals surface area (Å²) in [5.41, 5.74) is 2.81. The van der Waals surface area contributed by atoms with Gasteiger partial charge in [-0.3, -0.25) is 0 Å². The molecule has 0 unspecified atom stereocenters. The number of aromatic nitrogens is 1. The quantitative estimate of drug-likeness (QED) is 0.569. The summed E-state index contributed by atoms with van der Waals surface area (Å²) in [6, 6.07) is 4.35. The van der Waals surface area contributed by atoms with E-state index in [-0.39, 0.29) is 0 Å². The zero-order valence-corrected chi connectivity index (χ0v) is 11.2. The molecule has 0 saturated heterocycles. The number of hydrogen-bond donors (Lipinski definition) is 0. The number of fused-ring (bicyclic) bond motifs is 1. The van der Waals surface area contributed by atoms with Crippen molar-refractivity contribution in [3.05, 3.63) is 27.9 Å². The fourth-order valence-electron chi connectivity index (χ4n) is 1.57. The molecule has 0 atom stereocenters. The molecule has 0 saturated carbocycles. The van der Waals surface area contributed by atoms with Crippen LogP contribution in [0.1, 0.15) is 18.1 Å². The van der Waals surface area contributed by atoms with Gasteiger partial charge in [-0.25, -0.2) is 0 Å². The molecule has 2 aromatic rings. The van der Waals surface area contributed by atoms with Crippen molar-refractivity contribution in [3.63, 3.8) is 0 Å². The molecule has 1 heterocycles. The Hall–Kier alpha value is -0.371. The van der Waals surface area contributed by atoms with Crippen molar-refractivity contribution in [2.45, 2.75) is 27.3 Å². The average molecular weight is 270 g/mol. The van der Waals surface area contributed by atoms with E-state index in [2.05, 4.69) is 36.5 Å². The van der Waals surface area contributed by atoms with Crippen molar-refractivity contribution < 1.29 is 0 Å². The van der Waals surface area contributed by atoms with E-state index in [4.69, 9.17) is 12.2 Å². The predicted molar refractivity (Wildman–Crippen MR) is 64.9 cm³/mol. The summed E-state index contributed by atoms with van der Waals surface area (Å²) in [5.74, 6) is 0. The zero-order chi connectivity index (χ0) is 10.3. The Morgan fingerprint density at radius 3 is 2.71 bits per heavy atom. The summed E-state index contributed by atoms with van der Waals surface area (Å²) in [6.07, 6.45) is 0. The van der Waals surface area contributed by atoms with Crippen molar-refractivity contribution in [2.75, 3.05) is 0 Å². The zero-order valence-electron chi connectivity index (χ0n) is 8.63. The third-order valence-corrected chi connectivity index (χ3v) is 6.20. The van der Waals surface area contributed by atoms with Crippen LogP contribution in [-0.4, -0.2) is 18.3 Å². The molecule has 2 rings (SSSR count). The van der Waals surface area contributed by atoms with Crippen LogP contribution in [0.3, 0.4) is 0 Å². The Morgan fingerprint density at radius 1 is 1.36 bits per heavy atom. The summed E-state index contributed by atoms with van der Waals surface area (Å²) in [6.45, 7) is 7.58. The van der Waals surface area contributed by atoms with Gasteiger partial charge in [-0.2, -0.15) is 0 Å². The van der Waals surface area contributed by atoms with Gasteiger partial charge in [0.05, 0.1) is 0 Å². The van der Waals surface area contributed by atoms with Crippen LogP contribution in [0.25, 0.3) is 9.65 Å². The normalized spacial score (nSPS) is 11.1. The second-order valence-electron chi connectivity index (χ2n) is 3.48. The monoisotopic (exact) mass is 271 g/mol. The fraction of sp³-hybridized carbons (Fsp3) is 0.364. The topological polar surface area (TPSA) is 4.93 Å². The number of rotatable bonds is 1. The molecule has 1 aromatic carbocycles. The molecule has 0 aliphatic heterocycles. The van der Waals surface area contributed by atoms with Gasteiger partial charge in [0.2, 0.25) is 0 Å². The number of aryl methyl sites for hydroxylation is 3.